The van der Waals surface area contributed by atoms with Crippen LogP contribution in [-0.2, 0) is 0 Å². The molecule has 2 amide bonds. The van der Waals surface area contributed by atoms with Crippen molar-refractivity contribution in [2.24, 2.45) is 0 Å². The molecule has 180 valence electrons. The Morgan fingerprint density at radius 2 is 1.53 bits per heavy atom. The minimum atomic E-state index is -4.66. The Bertz CT molecular complexity index is 1120. The Kier molecular flexibility index (Phi) is 7.44. The second kappa shape index (κ2) is 10.3. The van der Waals surface area contributed by atoms with Gasteiger partial charge in [-0.2, -0.15) is 26.3 Å². The van der Waals surface area contributed by atoms with Crippen molar-refractivity contribution in [2.75, 3.05) is 23.8 Å². The third-order valence-corrected chi connectivity index (χ3v) is 3.93. The number of hydrogen-bond acceptors (Lipinski definition) is 5. The summed E-state index contributed by atoms with van der Waals surface area (Å²) in [5, 5.41) is 4.89. The lowest BCUT2D eigenvalue weighted by atomic mass is 10.1. The zero-order valence-electron chi connectivity index (χ0n) is 17.1. The molecule has 0 atom stereocenters. The number of halogens is 6. The van der Waals surface area contributed by atoms with Crippen LogP contribution in [0.2, 0.25) is 0 Å². The predicted octanol–water partition coefficient (Wildman–Crippen LogP) is 5.67. The predicted molar refractivity (Wildman–Crippen MR) is 110 cm³/mol. The lowest BCUT2D eigenvalue weighted by molar-refractivity contribution is -0.154. The summed E-state index contributed by atoms with van der Waals surface area (Å²) in [7, 11) is 0. The van der Waals surface area contributed by atoms with Crippen molar-refractivity contribution >= 4 is 17.7 Å². The fourth-order valence-electron chi connectivity index (χ4n) is 2.60. The van der Waals surface area contributed by atoms with Gasteiger partial charge in [0.25, 0.3) is 0 Å². The van der Waals surface area contributed by atoms with E-state index in [1.165, 1.54) is 12.3 Å². The Labute approximate surface area is 188 Å². The molecule has 2 aromatic carbocycles. The normalized spacial score (nSPS) is 11.6. The van der Waals surface area contributed by atoms with Crippen LogP contribution in [0.1, 0.15) is 0 Å². The lowest BCUT2D eigenvalue weighted by Gasteiger charge is -2.15. The minimum Gasteiger partial charge on any atom is -0.484 e. The van der Waals surface area contributed by atoms with E-state index in [4.69, 9.17) is 4.74 Å². The zero-order valence-corrected chi connectivity index (χ0v) is 17.1. The minimum absolute atomic E-state index is 0.0281. The number of anilines is 2. The summed E-state index contributed by atoms with van der Waals surface area (Å²) in [5.41, 5.74) is 0.353. The summed E-state index contributed by atoms with van der Waals surface area (Å²) in [4.78, 5) is 20.1. The molecule has 2 N–H and O–H groups in total. The summed E-state index contributed by atoms with van der Waals surface area (Å²) in [5.74, 6) is -0.800. The van der Waals surface area contributed by atoms with Gasteiger partial charge in [-0.3, -0.25) is 5.32 Å². The molecule has 0 saturated carbocycles. The number of rotatable bonds is 7. The van der Waals surface area contributed by atoms with Gasteiger partial charge in [-0.25, -0.2) is 14.8 Å². The highest BCUT2D eigenvalue weighted by Crippen LogP contribution is 2.34. The van der Waals surface area contributed by atoms with Gasteiger partial charge in [0.2, 0.25) is 5.95 Å². The summed E-state index contributed by atoms with van der Waals surface area (Å²) in [6.07, 6.45) is -8.07. The Balaban J connectivity index is 1.85. The number of ether oxygens (including phenoxy) is 2. The van der Waals surface area contributed by atoms with Gasteiger partial charge in [-0.1, -0.05) is 18.2 Å². The molecule has 13 heteroatoms. The molecule has 0 unspecified atom stereocenters. The van der Waals surface area contributed by atoms with E-state index in [-0.39, 0.29) is 28.7 Å². The van der Waals surface area contributed by atoms with Gasteiger partial charge in [0.1, 0.15) is 11.5 Å². The van der Waals surface area contributed by atoms with E-state index in [2.05, 4.69) is 25.3 Å². The van der Waals surface area contributed by atoms with Gasteiger partial charge in [-0.05, 0) is 36.4 Å². The smallest absolute Gasteiger partial charge is 0.422 e. The second-order valence-electron chi connectivity index (χ2n) is 6.68. The highest BCUT2D eigenvalue weighted by atomic mass is 19.4. The first kappa shape index (κ1) is 24.6. The molecule has 1 aromatic heterocycles. The highest BCUT2D eigenvalue weighted by molar-refractivity contribution is 5.98. The Morgan fingerprint density at radius 3 is 2.21 bits per heavy atom. The van der Waals surface area contributed by atoms with Crippen LogP contribution in [0, 0.1) is 0 Å². The third-order valence-electron chi connectivity index (χ3n) is 3.93. The monoisotopic (exact) mass is 486 g/mol. The van der Waals surface area contributed by atoms with E-state index < -0.39 is 31.6 Å². The van der Waals surface area contributed by atoms with Crippen molar-refractivity contribution in [3.63, 3.8) is 0 Å². The Morgan fingerprint density at radius 1 is 0.853 bits per heavy atom. The molecule has 0 saturated heterocycles. The average molecular weight is 486 g/mol. The average Bonchev–Trinajstić information content (AvgIpc) is 2.76. The number of nitrogens with zero attached hydrogens (tertiary/aromatic N) is 2. The highest BCUT2D eigenvalue weighted by Gasteiger charge is 2.30. The van der Waals surface area contributed by atoms with E-state index in [0.717, 1.165) is 18.2 Å². The first-order valence-corrected chi connectivity index (χ1v) is 9.48. The van der Waals surface area contributed by atoms with Gasteiger partial charge in [0, 0.05) is 17.4 Å². The molecule has 0 aliphatic rings. The summed E-state index contributed by atoms with van der Waals surface area (Å²) >= 11 is 0. The van der Waals surface area contributed by atoms with Gasteiger partial charge in [-0.15, -0.1) is 0 Å². The molecule has 0 aliphatic carbocycles. The molecule has 0 radical (unpaired) electrons. The fraction of sp³-hybridized carbons (Fsp3) is 0.190. The van der Waals surface area contributed by atoms with Crippen molar-refractivity contribution in [3.8, 4) is 22.8 Å². The standard InChI is InChI=1S/C21H16F6N4O3/c22-20(23,24)11-33-14-6-7-17(34-12-21(25,26)27)15(10-14)16-8-9-28-18(30-16)31-19(32)29-13-4-2-1-3-5-13/h1-10H,11-12H2,(H2,28,29,30,31,32). The number of carbonyl (C=O) groups excluding carboxylic acids is 1. The van der Waals surface area contributed by atoms with Crippen LogP contribution in [0.3, 0.4) is 0 Å². The maximum Gasteiger partial charge on any atom is 0.422 e. The molecular weight excluding hydrogens is 470 g/mol. The van der Waals surface area contributed by atoms with E-state index >= 15 is 0 Å². The van der Waals surface area contributed by atoms with E-state index in [1.54, 1.807) is 30.3 Å². The molecule has 7 nitrogen and oxygen atoms in total. The molecular formula is C21H16F6N4O3. The molecule has 1 heterocycles. The van der Waals surface area contributed by atoms with Crippen molar-refractivity contribution in [1.29, 1.82) is 0 Å². The number of carbonyl (C=O) groups is 1. The first-order valence-electron chi connectivity index (χ1n) is 9.48. The number of aromatic nitrogens is 2. The van der Waals surface area contributed by atoms with Crippen LogP contribution in [0.15, 0.2) is 60.8 Å². The van der Waals surface area contributed by atoms with Crippen molar-refractivity contribution in [2.45, 2.75) is 12.4 Å². The second-order valence-corrected chi connectivity index (χ2v) is 6.68. The molecule has 0 aliphatic heterocycles. The molecule has 0 spiro atoms. The van der Waals surface area contributed by atoms with Gasteiger partial charge in [0.05, 0.1) is 5.69 Å². The number of urea groups is 1. The van der Waals surface area contributed by atoms with E-state index in [1.807, 2.05) is 0 Å². The van der Waals surface area contributed by atoms with E-state index in [0.29, 0.717) is 5.69 Å². The first-order chi connectivity index (χ1) is 16.0. The number of nitrogens with one attached hydrogen (secondary N) is 2. The van der Waals surface area contributed by atoms with Crippen LogP contribution < -0.4 is 20.1 Å². The van der Waals surface area contributed by atoms with Crippen LogP contribution in [-0.4, -0.2) is 41.6 Å². The zero-order chi connectivity index (χ0) is 24.8. The molecule has 3 aromatic rings. The number of hydrogen-bond donors (Lipinski definition) is 2. The maximum atomic E-state index is 12.6. The number of benzene rings is 2. The maximum absolute atomic E-state index is 12.6. The van der Waals surface area contributed by atoms with E-state index in [9.17, 15) is 31.1 Å². The van der Waals surface area contributed by atoms with Crippen LogP contribution in [0.5, 0.6) is 11.5 Å². The fourth-order valence-corrected chi connectivity index (χ4v) is 2.60. The number of alkyl halides is 6. The topological polar surface area (TPSA) is 85.4 Å². The summed E-state index contributed by atoms with van der Waals surface area (Å²) < 4.78 is 84.8. The van der Waals surface area contributed by atoms with Crippen LogP contribution in [0.4, 0.5) is 42.8 Å². The Hall–Kier alpha value is -4.03. The van der Waals surface area contributed by atoms with Gasteiger partial charge < -0.3 is 14.8 Å². The van der Waals surface area contributed by atoms with Crippen LogP contribution >= 0.6 is 0 Å². The quantitative estimate of drug-likeness (QED) is 0.421. The van der Waals surface area contributed by atoms with Gasteiger partial charge in [0.15, 0.2) is 13.2 Å². The molecule has 3 rings (SSSR count). The summed E-state index contributed by atoms with van der Waals surface area (Å²) in [6.45, 7) is -3.25. The molecule has 34 heavy (non-hydrogen) atoms. The van der Waals surface area contributed by atoms with Gasteiger partial charge >= 0.3 is 18.4 Å². The molecule has 0 fully saturated rings. The number of amides is 2. The van der Waals surface area contributed by atoms with Crippen molar-refractivity contribution in [3.05, 3.63) is 60.8 Å². The van der Waals surface area contributed by atoms with Crippen LogP contribution in [0.25, 0.3) is 11.3 Å². The largest absolute Gasteiger partial charge is 0.484 e. The third kappa shape index (κ3) is 7.83. The SMILES string of the molecule is O=C(Nc1ccccc1)Nc1nccc(-c2cc(OCC(F)(F)F)ccc2OCC(F)(F)F)n1. The molecule has 0 bridgehead atoms. The van der Waals surface area contributed by atoms with Crippen molar-refractivity contribution < 1.29 is 40.6 Å². The summed E-state index contributed by atoms with van der Waals surface area (Å²) in [6, 6.07) is 12.1. The number of para-hydroxylation sites is 1. The van der Waals surface area contributed by atoms with Crippen molar-refractivity contribution in [1.82, 2.24) is 9.97 Å². The lowest BCUT2D eigenvalue weighted by Crippen LogP contribution is -2.21.